The molecule has 0 spiro atoms. The van der Waals surface area contributed by atoms with E-state index in [1.807, 2.05) is 0 Å². The Bertz CT molecular complexity index is 596. The van der Waals surface area contributed by atoms with Gasteiger partial charge in [-0.05, 0) is 19.1 Å². The molecule has 0 aliphatic carbocycles. The van der Waals surface area contributed by atoms with Gasteiger partial charge in [-0.2, -0.15) is 14.9 Å². The molecule has 0 fully saturated rings. The van der Waals surface area contributed by atoms with Gasteiger partial charge in [-0.15, -0.1) is 0 Å². The molecule has 0 unspecified atom stereocenters. The molecule has 0 saturated heterocycles. The van der Waals surface area contributed by atoms with E-state index in [-0.39, 0.29) is 12.4 Å². The summed E-state index contributed by atoms with van der Waals surface area (Å²) < 4.78 is 6.71. The maximum absolute atomic E-state index is 11.1. The topological polar surface area (TPSA) is 89.3 Å². The molecule has 1 aliphatic heterocycles. The lowest BCUT2D eigenvalue weighted by atomic mass is 10.2. The Morgan fingerprint density at radius 3 is 3.00 bits per heavy atom. The van der Waals surface area contributed by atoms with Crippen LogP contribution in [-0.4, -0.2) is 39.3 Å². The van der Waals surface area contributed by atoms with Crippen molar-refractivity contribution in [3.05, 3.63) is 22.4 Å². The van der Waals surface area contributed by atoms with Gasteiger partial charge in [0.25, 0.3) is 0 Å². The van der Waals surface area contributed by atoms with Gasteiger partial charge in [0.05, 0.1) is 6.21 Å². The van der Waals surface area contributed by atoms with Gasteiger partial charge in [0, 0.05) is 6.08 Å². The van der Waals surface area contributed by atoms with Gasteiger partial charge in [0.1, 0.15) is 11.6 Å². The van der Waals surface area contributed by atoms with E-state index in [2.05, 4.69) is 15.3 Å². The van der Waals surface area contributed by atoms with Crippen molar-refractivity contribution >= 4 is 30.0 Å². The second-order valence-electron chi connectivity index (χ2n) is 3.26. The van der Waals surface area contributed by atoms with Crippen LogP contribution in [0.1, 0.15) is 5.82 Å². The summed E-state index contributed by atoms with van der Waals surface area (Å²) in [6.45, 7) is 1.46. The van der Waals surface area contributed by atoms with E-state index in [9.17, 15) is 9.59 Å². The highest BCUT2D eigenvalue weighted by Gasteiger charge is 2.18. The van der Waals surface area contributed by atoms with E-state index in [1.165, 1.54) is 10.9 Å². The number of ether oxygens (including phenoxy) is 1. The number of hydrogen-bond acceptors (Lipinski definition) is 6. The Labute approximate surface area is 101 Å². The molecule has 0 bridgehead atoms. The molecule has 1 aromatic heterocycles. The molecular weight excluding hydrogens is 244 g/mol. The number of nitrogens with zero attached hydrogens (tertiary/aromatic N) is 3. The second kappa shape index (κ2) is 4.42. The van der Waals surface area contributed by atoms with Crippen molar-refractivity contribution in [2.45, 2.75) is 6.92 Å². The van der Waals surface area contributed by atoms with Crippen LogP contribution in [-0.2, 0) is 14.3 Å². The average Bonchev–Trinajstić information content (AvgIpc) is 2.61. The van der Waals surface area contributed by atoms with Gasteiger partial charge in [-0.3, -0.25) is 14.7 Å². The first-order valence-corrected chi connectivity index (χ1v) is 5.09. The van der Waals surface area contributed by atoms with E-state index < -0.39 is 11.6 Å². The van der Waals surface area contributed by atoms with Crippen LogP contribution in [0.4, 0.5) is 0 Å². The number of aryl methyl sites for hydroxylation is 1. The van der Waals surface area contributed by atoms with Gasteiger partial charge >= 0.3 is 0 Å². The van der Waals surface area contributed by atoms with Gasteiger partial charge in [-0.1, -0.05) is 0 Å². The summed E-state index contributed by atoms with van der Waals surface area (Å²) >= 11 is 4.93. The smallest absolute Gasteiger partial charge is 0.240 e. The molecule has 1 N–H and O–H groups in total. The maximum Gasteiger partial charge on any atom is 0.240 e. The van der Waals surface area contributed by atoms with Gasteiger partial charge in [0.2, 0.25) is 16.3 Å². The fourth-order valence-electron chi connectivity index (χ4n) is 1.17. The monoisotopic (exact) mass is 252 g/mol. The molecule has 2 rings (SSSR count). The van der Waals surface area contributed by atoms with Crippen molar-refractivity contribution < 1.29 is 14.3 Å². The molecule has 88 valence electrons. The lowest BCUT2D eigenvalue weighted by molar-refractivity contribution is -0.137. The van der Waals surface area contributed by atoms with Crippen LogP contribution in [0, 0.1) is 11.7 Å². The van der Waals surface area contributed by atoms with Crippen LogP contribution in [0.5, 0.6) is 0 Å². The summed E-state index contributed by atoms with van der Waals surface area (Å²) in [7, 11) is 0. The number of nitrogens with one attached hydrogen (secondary N) is 1. The number of H-pyrrole nitrogens is 1. The van der Waals surface area contributed by atoms with Crippen LogP contribution in [0.15, 0.2) is 16.9 Å². The Balaban J connectivity index is 2.23. The zero-order chi connectivity index (χ0) is 12.4. The molecule has 2 heterocycles. The molecule has 0 amide bonds. The summed E-state index contributed by atoms with van der Waals surface area (Å²) in [6.07, 6.45) is 2.40. The van der Waals surface area contributed by atoms with Crippen LogP contribution >= 0.6 is 12.2 Å². The molecular formula is C9H8N4O3S. The number of rotatable bonds is 2. The highest BCUT2D eigenvalue weighted by Crippen LogP contribution is 2.03. The van der Waals surface area contributed by atoms with Crippen molar-refractivity contribution in [1.29, 1.82) is 0 Å². The molecule has 7 nitrogen and oxygen atoms in total. The normalized spacial score (nSPS) is 16.2. The van der Waals surface area contributed by atoms with Crippen molar-refractivity contribution in [2.75, 3.05) is 6.61 Å². The number of aromatic nitrogens is 3. The minimum atomic E-state index is -0.592. The Morgan fingerprint density at radius 2 is 2.41 bits per heavy atom. The lowest BCUT2D eigenvalue weighted by Gasteiger charge is -2.08. The summed E-state index contributed by atoms with van der Waals surface area (Å²) in [6, 6.07) is 0. The molecule has 0 aromatic carbocycles. The lowest BCUT2D eigenvalue weighted by Crippen LogP contribution is -2.23. The third kappa shape index (κ3) is 2.36. The van der Waals surface area contributed by atoms with Crippen LogP contribution in [0.2, 0.25) is 0 Å². The maximum atomic E-state index is 11.1. The Kier molecular flexibility index (Phi) is 2.96. The van der Waals surface area contributed by atoms with Crippen LogP contribution in [0.3, 0.4) is 0 Å². The molecule has 8 heteroatoms. The first kappa shape index (κ1) is 11.4. The van der Waals surface area contributed by atoms with Gasteiger partial charge in [-0.25, -0.2) is 0 Å². The zero-order valence-electron chi connectivity index (χ0n) is 8.84. The fourth-order valence-corrected chi connectivity index (χ4v) is 1.39. The molecule has 0 saturated carbocycles. The summed E-state index contributed by atoms with van der Waals surface area (Å²) in [4.78, 5) is 22.0. The standard InChI is InChI=1S/C9H8N4O3S/c1-5-11-12-9(17)13(5)10-3-6-2-7(14)8(15)4-16-6/h2-3H,4H2,1H3,(H,12,17)/b10-3+. The largest absolute Gasteiger partial charge is 0.483 e. The number of aromatic amines is 1. The molecule has 1 aliphatic rings. The molecule has 0 atom stereocenters. The number of Topliss-reactive ketones (excluding diaryl/α,β-unsaturated/α-hetero) is 1. The number of allylic oxidation sites excluding steroid dienone is 2. The predicted molar refractivity (Wildman–Crippen MR) is 60.1 cm³/mol. The third-order valence-corrected chi connectivity index (χ3v) is 2.30. The van der Waals surface area contributed by atoms with Crippen LogP contribution < -0.4 is 0 Å². The molecule has 0 radical (unpaired) electrons. The highest BCUT2D eigenvalue weighted by molar-refractivity contribution is 7.71. The highest BCUT2D eigenvalue weighted by atomic mass is 32.1. The van der Waals surface area contributed by atoms with E-state index in [0.717, 1.165) is 6.08 Å². The zero-order valence-corrected chi connectivity index (χ0v) is 9.65. The summed E-state index contributed by atoms with van der Waals surface area (Å²) in [5.41, 5.74) is 0. The minimum absolute atomic E-state index is 0.220. The Hall–Kier alpha value is -2.09. The van der Waals surface area contributed by atoms with Crippen molar-refractivity contribution in [2.24, 2.45) is 5.10 Å². The number of ketones is 2. The van der Waals surface area contributed by atoms with E-state index >= 15 is 0 Å². The van der Waals surface area contributed by atoms with E-state index in [4.69, 9.17) is 17.0 Å². The van der Waals surface area contributed by atoms with Gasteiger partial charge < -0.3 is 4.74 Å². The van der Waals surface area contributed by atoms with Gasteiger partial charge in [0.15, 0.2) is 6.61 Å². The number of carbonyl (C=O) groups excluding carboxylic acids is 2. The van der Waals surface area contributed by atoms with Crippen molar-refractivity contribution in [3.8, 4) is 0 Å². The first-order chi connectivity index (χ1) is 8.08. The third-order valence-electron chi connectivity index (χ3n) is 2.03. The second-order valence-corrected chi connectivity index (χ2v) is 3.64. The predicted octanol–water partition coefficient (Wildman–Crippen LogP) is 0.135. The molecule has 1 aromatic rings. The van der Waals surface area contributed by atoms with Crippen LogP contribution in [0.25, 0.3) is 0 Å². The quantitative estimate of drug-likeness (QED) is 0.459. The summed E-state index contributed by atoms with van der Waals surface area (Å²) in [5.74, 6) is -0.370. The summed E-state index contributed by atoms with van der Waals surface area (Å²) in [5, 5.41) is 10.4. The Morgan fingerprint density at radius 1 is 1.65 bits per heavy atom. The van der Waals surface area contributed by atoms with Crippen molar-refractivity contribution in [3.63, 3.8) is 0 Å². The minimum Gasteiger partial charge on any atom is -0.483 e. The number of carbonyl (C=O) groups is 2. The average molecular weight is 252 g/mol. The number of hydrogen-bond donors (Lipinski definition) is 1. The molecule has 17 heavy (non-hydrogen) atoms. The van der Waals surface area contributed by atoms with Crippen molar-refractivity contribution in [1.82, 2.24) is 14.9 Å². The van der Waals surface area contributed by atoms with E-state index in [0.29, 0.717) is 10.6 Å². The fraction of sp³-hybridized carbons (Fsp3) is 0.222. The first-order valence-electron chi connectivity index (χ1n) is 4.68. The van der Waals surface area contributed by atoms with E-state index in [1.54, 1.807) is 6.92 Å². The SMILES string of the molecule is Cc1n[nH]c(=S)n1/N=C/C1=CC(=O)C(=O)CO1.